The summed E-state index contributed by atoms with van der Waals surface area (Å²) < 4.78 is 0. The third-order valence-electron chi connectivity index (χ3n) is 8.47. The fourth-order valence-electron chi connectivity index (χ4n) is 6.01. The van der Waals surface area contributed by atoms with Gasteiger partial charge in [0.15, 0.2) is 0 Å². The molecule has 1 fully saturated rings. The van der Waals surface area contributed by atoms with Crippen LogP contribution in [0.2, 0.25) is 10.0 Å². The number of carboxylic acid groups (broad SMARTS) is 1. The van der Waals surface area contributed by atoms with Gasteiger partial charge in [0.1, 0.15) is 11.4 Å². The Labute approximate surface area is 277 Å². The van der Waals surface area contributed by atoms with Gasteiger partial charge in [-0.3, -0.25) is 19.3 Å². The number of amides is 2. The molecule has 2 atom stereocenters. The zero-order chi connectivity index (χ0) is 33.2. The predicted octanol–water partition coefficient (Wildman–Crippen LogP) is 7.24. The van der Waals surface area contributed by atoms with Gasteiger partial charge in [0, 0.05) is 47.2 Å². The van der Waals surface area contributed by atoms with Crippen molar-refractivity contribution in [3.8, 4) is 0 Å². The summed E-state index contributed by atoms with van der Waals surface area (Å²) in [5.41, 5.74) is 1.78. The Morgan fingerprint density at radius 3 is 2.20 bits per heavy atom. The molecule has 2 N–H and O–H groups in total. The lowest BCUT2D eigenvalue weighted by Crippen LogP contribution is -2.50. The number of carboxylic acids is 1. The Hall–Kier alpha value is -2.94. The number of nitrogens with zero attached hydrogens (tertiary/aromatic N) is 3. The molecule has 0 radical (unpaired) electrons. The van der Waals surface area contributed by atoms with E-state index >= 15 is 0 Å². The second-order valence-corrected chi connectivity index (χ2v) is 15.6. The summed E-state index contributed by atoms with van der Waals surface area (Å²) in [7, 11) is 0. The molecule has 0 aliphatic carbocycles. The van der Waals surface area contributed by atoms with Crippen LogP contribution in [0.4, 0.5) is 0 Å². The van der Waals surface area contributed by atoms with Gasteiger partial charge in [-0.15, -0.1) is 0 Å². The van der Waals surface area contributed by atoms with Crippen LogP contribution in [0.15, 0.2) is 47.5 Å². The zero-order valence-corrected chi connectivity index (χ0v) is 28.8. The normalized spacial score (nSPS) is 19.7. The van der Waals surface area contributed by atoms with E-state index in [1.54, 1.807) is 30.3 Å². The van der Waals surface area contributed by atoms with Crippen molar-refractivity contribution >= 4 is 46.7 Å². The van der Waals surface area contributed by atoms with E-state index in [1.807, 2.05) is 17.0 Å². The van der Waals surface area contributed by atoms with Gasteiger partial charge in [0.2, 0.25) is 0 Å². The second kappa shape index (κ2) is 13.8. The van der Waals surface area contributed by atoms with Crippen LogP contribution in [0.5, 0.6) is 0 Å². The molecule has 45 heavy (non-hydrogen) atoms. The van der Waals surface area contributed by atoms with Crippen molar-refractivity contribution in [2.24, 2.45) is 15.8 Å². The summed E-state index contributed by atoms with van der Waals surface area (Å²) >= 11 is 12.8. The molecule has 0 saturated carbocycles. The highest BCUT2D eigenvalue weighted by Gasteiger charge is 2.54. The molecule has 1 spiro atoms. The molecule has 2 aromatic rings. The number of hydrogen-bond acceptors (Lipinski definition) is 5. The maximum Gasteiger partial charge on any atom is 0.305 e. The summed E-state index contributed by atoms with van der Waals surface area (Å²) in [6.45, 7) is 15.7. The molecule has 4 rings (SSSR count). The number of carbonyl (C=O) groups is 3. The van der Waals surface area contributed by atoms with Crippen LogP contribution < -0.4 is 5.32 Å². The number of rotatable bonds is 11. The molecule has 0 aromatic heterocycles. The van der Waals surface area contributed by atoms with E-state index in [2.05, 4.69) is 51.8 Å². The van der Waals surface area contributed by atoms with E-state index in [-0.39, 0.29) is 41.7 Å². The van der Waals surface area contributed by atoms with E-state index in [1.165, 1.54) is 0 Å². The third-order valence-corrected chi connectivity index (χ3v) is 8.91. The highest BCUT2D eigenvalue weighted by Crippen LogP contribution is 2.44. The van der Waals surface area contributed by atoms with Gasteiger partial charge < -0.3 is 15.3 Å². The molecular weight excluding hydrogens is 611 g/mol. The van der Waals surface area contributed by atoms with Gasteiger partial charge in [-0.25, -0.2) is 4.99 Å². The Morgan fingerprint density at radius 2 is 1.62 bits per heavy atom. The van der Waals surface area contributed by atoms with E-state index in [4.69, 9.17) is 33.3 Å². The lowest BCUT2D eigenvalue weighted by molar-refractivity contribution is -0.137. The smallest absolute Gasteiger partial charge is 0.305 e. The first-order chi connectivity index (χ1) is 21.0. The monoisotopic (exact) mass is 656 g/mol. The summed E-state index contributed by atoms with van der Waals surface area (Å²) in [4.78, 5) is 47.8. The Balaban J connectivity index is 1.73. The average molecular weight is 658 g/mol. The van der Waals surface area contributed by atoms with Crippen molar-refractivity contribution in [2.75, 3.05) is 26.2 Å². The summed E-state index contributed by atoms with van der Waals surface area (Å²) in [6.07, 6.45) is 3.16. The highest BCUT2D eigenvalue weighted by atomic mass is 35.5. The zero-order valence-electron chi connectivity index (χ0n) is 27.3. The first-order valence-corrected chi connectivity index (χ1v) is 16.4. The molecule has 2 aliphatic heterocycles. The molecule has 1 saturated heterocycles. The van der Waals surface area contributed by atoms with E-state index in [0.29, 0.717) is 46.3 Å². The third kappa shape index (κ3) is 9.08. The number of hydrogen-bond donors (Lipinski definition) is 2. The predicted molar refractivity (Wildman–Crippen MR) is 180 cm³/mol. The van der Waals surface area contributed by atoms with E-state index in [9.17, 15) is 14.4 Å². The van der Waals surface area contributed by atoms with Crippen LogP contribution >= 0.6 is 23.2 Å². The maximum absolute atomic E-state index is 14.6. The summed E-state index contributed by atoms with van der Waals surface area (Å²) in [5, 5.41) is 12.5. The topological polar surface area (TPSA) is 102 Å². The first kappa shape index (κ1) is 34.9. The minimum atomic E-state index is -0.970. The van der Waals surface area contributed by atoms with Crippen molar-refractivity contribution in [3.05, 3.63) is 69.2 Å². The minimum absolute atomic E-state index is 0.0245. The number of aliphatic imine (C=N–C) groups is 1. The Kier molecular flexibility index (Phi) is 10.7. The minimum Gasteiger partial charge on any atom is -0.481 e. The van der Waals surface area contributed by atoms with Crippen molar-refractivity contribution in [2.45, 2.75) is 85.4 Å². The maximum atomic E-state index is 14.6. The van der Waals surface area contributed by atoms with Crippen molar-refractivity contribution < 1.29 is 19.5 Å². The Bertz CT molecular complexity index is 1420. The highest BCUT2D eigenvalue weighted by molar-refractivity contribution is 6.48. The van der Waals surface area contributed by atoms with Gasteiger partial charge in [-0.1, -0.05) is 76.9 Å². The van der Waals surface area contributed by atoms with Crippen LogP contribution in [0.3, 0.4) is 0 Å². The molecule has 8 nitrogen and oxygen atoms in total. The molecule has 0 bridgehead atoms. The van der Waals surface area contributed by atoms with Crippen LogP contribution in [0.1, 0.15) is 101 Å². The van der Waals surface area contributed by atoms with Crippen LogP contribution in [-0.2, 0) is 9.59 Å². The number of halogens is 2. The van der Waals surface area contributed by atoms with Gasteiger partial charge in [-0.05, 0) is 72.5 Å². The fraction of sp³-hybridized carbons (Fsp3) is 0.543. The number of carbonyl (C=O) groups excluding carboxylic acids is 2. The van der Waals surface area contributed by atoms with Crippen molar-refractivity contribution in [1.29, 1.82) is 0 Å². The second-order valence-electron chi connectivity index (χ2n) is 14.7. The molecular formula is C35H46Cl2N4O4. The summed E-state index contributed by atoms with van der Waals surface area (Å²) in [5.74, 6) is -1.46. The van der Waals surface area contributed by atoms with Gasteiger partial charge in [-0.2, -0.15) is 0 Å². The van der Waals surface area contributed by atoms with Crippen LogP contribution in [0, 0.1) is 10.8 Å². The molecule has 2 aliphatic rings. The number of likely N-dealkylation sites (tertiary alicyclic amines) is 1. The molecule has 2 aromatic carbocycles. The molecule has 1 unspecified atom stereocenters. The van der Waals surface area contributed by atoms with E-state index < -0.39 is 11.6 Å². The first-order valence-electron chi connectivity index (χ1n) is 15.7. The molecule has 10 heteroatoms. The van der Waals surface area contributed by atoms with Crippen LogP contribution in [0.25, 0.3) is 0 Å². The average Bonchev–Trinajstić information content (AvgIpc) is 3.46. The standard InChI is InChI=1S/C35H46Cl2N4O4/c1-33(2,3)13-11-28(23-7-9-24(10-8-23)31(44)38-16-12-29(42)43)41-32(45)30(25-19-26(36)21-27(37)20-25)39-35(41)15-18-40(22-35)17-14-34(4,5)6/h7-10,19-21,28H,11-18,22H2,1-6H3,(H,38,44)(H,42,43)/t28-,35?/m1/s1. The lowest BCUT2D eigenvalue weighted by atomic mass is 9.85. The van der Waals surface area contributed by atoms with Gasteiger partial charge >= 0.3 is 5.97 Å². The van der Waals surface area contributed by atoms with Crippen molar-refractivity contribution in [1.82, 2.24) is 15.1 Å². The fourth-order valence-corrected chi connectivity index (χ4v) is 6.53. The van der Waals surface area contributed by atoms with Gasteiger partial charge in [0.25, 0.3) is 11.8 Å². The van der Waals surface area contributed by atoms with E-state index in [0.717, 1.165) is 31.5 Å². The largest absolute Gasteiger partial charge is 0.481 e. The number of aliphatic carboxylic acids is 1. The van der Waals surface area contributed by atoms with Crippen molar-refractivity contribution in [3.63, 3.8) is 0 Å². The summed E-state index contributed by atoms with van der Waals surface area (Å²) in [6, 6.07) is 12.1. The van der Waals surface area contributed by atoms with Gasteiger partial charge in [0.05, 0.1) is 12.5 Å². The molecule has 244 valence electrons. The Morgan fingerprint density at radius 1 is 1.00 bits per heavy atom. The number of benzene rings is 2. The molecule has 2 heterocycles. The molecule has 2 amide bonds. The quantitative estimate of drug-likeness (QED) is 0.266. The number of nitrogens with one attached hydrogen (secondary N) is 1. The van der Waals surface area contributed by atoms with Crippen LogP contribution in [-0.4, -0.2) is 70.2 Å². The lowest BCUT2D eigenvalue weighted by Gasteiger charge is -2.40. The SMILES string of the molecule is CC(C)(C)CC[C@H](c1ccc(C(=O)NCCC(=O)O)cc1)N1C(=O)C(c2cc(Cl)cc(Cl)c2)=NC12CCN(CCC(C)(C)C)C2.